The molecule has 0 aliphatic carbocycles. The maximum Gasteiger partial charge on any atom is 0.281 e. The first-order valence-corrected chi connectivity index (χ1v) is 6.12. The highest BCUT2D eigenvalue weighted by atomic mass is 32.2. The molecule has 0 aliphatic rings. The van der Waals surface area contributed by atoms with E-state index in [1.54, 1.807) is 0 Å². The summed E-state index contributed by atoms with van der Waals surface area (Å²) in [5.41, 5.74) is 0. The van der Waals surface area contributed by atoms with E-state index in [2.05, 4.69) is 5.32 Å². The fourth-order valence-electron chi connectivity index (χ4n) is 0.883. The summed E-state index contributed by atoms with van der Waals surface area (Å²) in [5, 5.41) is 2.61. The molecule has 0 aromatic rings. The first-order chi connectivity index (χ1) is 6.82. The Morgan fingerprint density at radius 3 is 2.20 bits per heavy atom. The van der Waals surface area contributed by atoms with Crippen molar-refractivity contribution in [2.24, 2.45) is 0 Å². The van der Waals surface area contributed by atoms with E-state index in [4.69, 9.17) is 0 Å². The Morgan fingerprint density at radius 2 is 1.80 bits per heavy atom. The van der Waals surface area contributed by atoms with Gasteiger partial charge in [-0.2, -0.15) is 17.0 Å². The number of carbonyl (C=O) groups is 1. The zero-order valence-electron chi connectivity index (χ0n) is 9.65. The fraction of sp³-hybridized carbons (Fsp3) is 0.875. The van der Waals surface area contributed by atoms with Gasteiger partial charge in [-0.05, 0) is 6.42 Å². The van der Waals surface area contributed by atoms with Crippen molar-refractivity contribution < 1.29 is 13.2 Å². The average Bonchev–Trinajstić information content (AvgIpc) is 2.14. The lowest BCUT2D eigenvalue weighted by atomic mass is 10.4. The van der Waals surface area contributed by atoms with Crippen LogP contribution < -0.4 is 5.32 Å². The summed E-state index contributed by atoms with van der Waals surface area (Å²) in [6, 6.07) is 0. The lowest BCUT2D eigenvalue weighted by Crippen LogP contribution is -2.43. The van der Waals surface area contributed by atoms with Gasteiger partial charge >= 0.3 is 0 Å². The van der Waals surface area contributed by atoms with Crippen LogP contribution in [-0.4, -0.2) is 57.2 Å². The van der Waals surface area contributed by atoms with Crippen LogP contribution in [0.3, 0.4) is 0 Å². The van der Waals surface area contributed by atoms with Gasteiger partial charge in [-0.1, -0.05) is 6.92 Å². The molecule has 0 fully saturated rings. The van der Waals surface area contributed by atoms with E-state index in [1.807, 2.05) is 6.92 Å². The maximum absolute atomic E-state index is 11.5. The third-order valence-electron chi connectivity index (χ3n) is 1.79. The minimum atomic E-state index is -3.49. The second-order valence-electron chi connectivity index (χ2n) is 3.40. The van der Waals surface area contributed by atoms with E-state index >= 15 is 0 Å². The second-order valence-corrected chi connectivity index (χ2v) is 5.65. The Morgan fingerprint density at radius 1 is 1.27 bits per heavy atom. The third kappa shape index (κ3) is 4.59. The molecule has 90 valence electrons. The van der Waals surface area contributed by atoms with Crippen molar-refractivity contribution in [2.45, 2.75) is 13.3 Å². The van der Waals surface area contributed by atoms with E-state index in [1.165, 1.54) is 21.1 Å². The van der Waals surface area contributed by atoms with Crippen molar-refractivity contribution in [3.63, 3.8) is 0 Å². The highest BCUT2D eigenvalue weighted by Gasteiger charge is 2.22. The predicted octanol–water partition coefficient (Wildman–Crippen LogP) is -0.749. The van der Waals surface area contributed by atoms with Gasteiger partial charge in [-0.25, -0.2) is 0 Å². The SMILES string of the molecule is CCCNC(=O)CN(C)S(=O)(=O)N(C)C. The van der Waals surface area contributed by atoms with E-state index < -0.39 is 10.2 Å². The van der Waals surface area contributed by atoms with E-state index in [0.717, 1.165) is 15.0 Å². The second kappa shape index (κ2) is 6.04. The van der Waals surface area contributed by atoms with E-state index in [9.17, 15) is 13.2 Å². The van der Waals surface area contributed by atoms with E-state index in [0.29, 0.717) is 6.54 Å². The molecule has 6 nitrogen and oxygen atoms in total. The molecule has 0 atom stereocenters. The van der Waals surface area contributed by atoms with Crippen molar-refractivity contribution in [3.8, 4) is 0 Å². The molecular weight excluding hydrogens is 218 g/mol. The van der Waals surface area contributed by atoms with Crippen molar-refractivity contribution in [1.29, 1.82) is 0 Å². The normalized spacial score (nSPS) is 12.1. The maximum atomic E-state index is 11.5. The molecule has 0 heterocycles. The Bertz CT molecular complexity index is 300. The monoisotopic (exact) mass is 237 g/mol. The Kier molecular flexibility index (Phi) is 5.77. The number of carbonyl (C=O) groups excluding carboxylic acids is 1. The van der Waals surface area contributed by atoms with Gasteiger partial charge in [0.25, 0.3) is 10.2 Å². The van der Waals surface area contributed by atoms with E-state index in [-0.39, 0.29) is 12.5 Å². The predicted molar refractivity (Wildman–Crippen MR) is 58.5 cm³/mol. The van der Waals surface area contributed by atoms with Crippen LogP contribution in [0.5, 0.6) is 0 Å². The number of rotatable bonds is 6. The van der Waals surface area contributed by atoms with Gasteiger partial charge in [-0.3, -0.25) is 4.79 Å². The summed E-state index contributed by atoms with van der Waals surface area (Å²) >= 11 is 0. The van der Waals surface area contributed by atoms with Crippen LogP contribution in [0.2, 0.25) is 0 Å². The molecule has 0 aromatic heterocycles. The van der Waals surface area contributed by atoms with Gasteiger partial charge in [-0.15, -0.1) is 0 Å². The summed E-state index contributed by atoms with van der Waals surface area (Å²) in [6.45, 7) is 2.34. The molecule has 1 amide bonds. The van der Waals surface area contributed by atoms with Crippen molar-refractivity contribution in [3.05, 3.63) is 0 Å². The summed E-state index contributed by atoms with van der Waals surface area (Å²) in [5.74, 6) is -0.287. The zero-order chi connectivity index (χ0) is 12.1. The number of nitrogens with one attached hydrogen (secondary N) is 1. The number of nitrogens with zero attached hydrogens (tertiary/aromatic N) is 2. The molecule has 7 heteroatoms. The molecule has 0 aromatic carbocycles. The molecule has 1 N–H and O–H groups in total. The summed E-state index contributed by atoms with van der Waals surface area (Å²) in [6.07, 6.45) is 0.829. The first-order valence-electron chi connectivity index (χ1n) is 4.72. The average molecular weight is 237 g/mol. The number of hydrogen-bond donors (Lipinski definition) is 1. The molecule has 0 bridgehead atoms. The van der Waals surface area contributed by atoms with Gasteiger partial charge < -0.3 is 5.32 Å². The largest absolute Gasteiger partial charge is 0.355 e. The minimum absolute atomic E-state index is 0.152. The molecule has 0 unspecified atom stereocenters. The van der Waals surface area contributed by atoms with Crippen molar-refractivity contribution in [1.82, 2.24) is 13.9 Å². The molecule has 0 saturated carbocycles. The molecule has 0 spiro atoms. The van der Waals surface area contributed by atoms with Crippen LogP contribution in [-0.2, 0) is 15.0 Å². The van der Waals surface area contributed by atoms with Crippen LogP contribution in [0, 0.1) is 0 Å². The fourth-order valence-corrected chi connectivity index (χ4v) is 1.72. The van der Waals surface area contributed by atoms with Gasteiger partial charge in [0, 0.05) is 27.7 Å². The van der Waals surface area contributed by atoms with Gasteiger partial charge in [0.15, 0.2) is 0 Å². The Labute approximate surface area is 91.4 Å². The standard InChI is InChI=1S/C8H19N3O3S/c1-5-6-9-8(12)7-11(4)15(13,14)10(2)3/h5-7H2,1-4H3,(H,9,12). The molecule has 0 radical (unpaired) electrons. The number of likely N-dealkylation sites (N-methyl/N-ethyl adjacent to an activating group) is 1. The summed E-state index contributed by atoms with van der Waals surface area (Å²) in [7, 11) is 0.737. The van der Waals surface area contributed by atoms with Crippen LogP contribution in [0.15, 0.2) is 0 Å². The van der Waals surface area contributed by atoms with Crippen LogP contribution in [0.4, 0.5) is 0 Å². The topological polar surface area (TPSA) is 69.7 Å². The smallest absolute Gasteiger partial charge is 0.281 e. The van der Waals surface area contributed by atoms with Crippen LogP contribution in [0.1, 0.15) is 13.3 Å². The minimum Gasteiger partial charge on any atom is -0.355 e. The molecule has 0 rings (SSSR count). The zero-order valence-corrected chi connectivity index (χ0v) is 10.5. The number of hydrogen-bond acceptors (Lipinski definition) is 3. The Hall–Kier alpha value is -0.660. The summed E-state index contributed by atoms with van der Waals surface area (Å²) < 4.78 is 25.1. The summed E-state index contributed by atoms with van der Waals surface area (Å²) in [4.78, 5) is 11.2. The van der Waals surface area contributed by atoms with Crippen molar-refractivity contribution in [2.75, 3.05) is 34.2 Å². The van der Waals surface area contributed by atoms with Crippen LogP contribution >= 0.6 is 0 Å². The highest BCUT2D eigenvalue weighted by Crippen LogP contribution is 1.99. The highest BCUT2D eigenvalue weighted by molar-refractivity contribution is 7.86. The molecule has 0 saturated heterocycles. The van der Waals surface area contributed by atoms with Gasteiger partial charge in [0.1, 0.15) is 0 Å². The lowest BCUT2D eigenvalue weighted by molar-refractivity contribution is -0.121. The first kappa shape index (κ1) is 14.3. The molecule has 0 aliphatic heterocycles. The third-order valence-corrected chi connectivity index (χ3v) is 3.63. The van der Waals surface area contributed by atoms with Gasteiger partial charge in [0.2, 0.25) is 5.91 Å². The number of amides is 1. The quantitative estimate of drug-likeness (QED) is 0.661. The van der Waals surface area contributed by atoms with Crippen molar-refractivity contribution >= 4 is 16.1 Å². The molecule has 15 heavy (non-hydrogen) atoms. The molecular formula is C8H19N3O3S. The van der Waals surface area contributed by atoms with Crippen LogP contribution in [0.25, 0.3) is 0 Å². The lowest BCUT2D eigenvalue weighted by Gasteiger charge is -2.20. The van der Waals surface area contributed by atoms with Gasteiger partial charge in [0.05, 0.1) is 6.54 Å². The Balaban J connectivity index is 4.25.